The van der Waals surface area contributed by atoms with Gasteiger partial charge in [-0.25, -0.2) is 0 Å². The zero-order valence-electron chi connectivity index (χ0n) is 6.31. The Labute approximate surface area is 56.4 Å². The van der Waals surface area contributed by atoms with Crippen molar-refractivity contribution in [3.8, 4) is 0 Å². The summed E-state index contributed by atoms with van der Waals surface area (Å²) in [6.07, 6.45) is 1.14. The van der Waals surface area contributed by atoms with Crippen molar-refractivity contribution >= 4 is 5.84 Å². The Morgan fingerprint density at radius 2 is 2.33 bits per heavy atom. The van der Waals surface area contributed by atoms with Crippen molar-refractivity contribution < 1.29 is 0 Å². The van der Waals surface area contributed by atoms with Crippen molar-refractivity contribution in [3.63, 3.8) is 0 Å². The lowest BCUT2D eigenvalue weighted by Crippen LogP contribution is -2.30. The van der Waals surface area contributed by atoms with Crippen molar-refractivity contribution in [1.82, 2.24) is 5.32 Å². The minimum atomic E-state index is 0.519. The van der Waals surface area contributed by atoms with Gasteiger partial charge in [-0.1, -0.05) is 6.92 Å². The van der Waals surface area contributed by atoms with E-state index in [1.807, 2.05) is 6.92 Å². The normalized spacial score (nSPS) is 33.9. The fourth-order valence-corrected chi connectivity index (χ4v) is 1.27. The molecule has 2 heteroatoms. The van der Waals surface area contributed by atoms with Crippen LogP contribution in [0.4, 0.5) is 0 Å². The lowest BCUT2D eigenvalue weighted by atomic mass is 10.1. The number of hydrogen-bond donors (Lipinski definition) is 1. The molecule has 0 amide bonds. The van der Waals surface area contributed by atoms with E-state index in [4.69, 9.17) is 0 Å². The molecule has 9 heavy (non-hydrogen) atoms. The standard InChI is InChI=1S/C7H14N2/c1-4-7-5(2)8-6(3)9-7/h5,7H,4H2,1-3H3,(H,8,9). The predicted molar refractivity (Wildman–Crippen MR) is 39.8 cm³/mol. The summed E-state index contributed by atoms with van der Waals surface area (Å²) in [6.45, 7) is 6.37. The molecule has 0 aliphatic carbocycles. The number of nitrogens with zero attached hydrogens (tertiary/aromatic N) is 1. The van der Waals surface area contributed by atoms with Crippen LogP contribution in [0.5, 0.6) is 0 Å². The van der Waals surface area contributed by atoms with Gasteiger partial charge in [-0.3, -0.25) is 4.99 Å². The van der Waals surface area contributed by atoms with Crippen LogP contribution in [0.1, 0.15) is 27.2 Å². The molecule has 0 aromatic heterocycles. The fraction of sp³-hybridized carbons (Fsp3) is 0.857. The molecule has 0 aromatic carbocycles. The van der Waals surface area contributed by atoms with Crippen LogP contribution in [0.3, 0.4) is 0 Å². The van der Waals surface area contributed by atoms with E-state index in [1.54, 1.807) is 0 Å². The highest BCUT2D eigenvalue weighted by atomic mass is 15.1. The highest BCUT2D eigenvalue weighted by Crippen LogP contribution is 2.09. The maximum absolute atomic E-state index is 4.39. The molecule has 0 spiro atoms. The second kappa shape index (κ2) is 2.38. The van der Waals surface area contributed by atoms with E-state index >= 15 is 0 Å². The summed E-state index contributed by atoms with van der Waals surface area (Å²) in [4.78, 5) is 4.39. The molecule has 2 nitrogen and oxygen atoms in total. The van der Waals surface area contributed by atoms with E-state index in [9.17, 15) is 0 Å². The molecule has 1 rings (SSSR count). The minimum Gasteiger partial charge on any atom is -0.369 e. The summed E-state index contributed by atoms with van der Waals surface area (Å²) in [5.41, 5.74) is 0. The Bertz CT molecular complexity index is 129. The monoisotopic (exact) mass is 126 g/mol. The topological polar surface area (TPSA) is 24.4 Å². The lowest BCUT2D eigenvalue weighted by molar-refractivity contribution is 0.548. The van der Waals surface area contributed by atoms with Crippen molar-refractivity contribution in [1.29, 1.82) is 0 Å². The Morgan fingerprint density at radius 1 is 1.67 bits per heavy atom. The van der Waals surface area contributed by atoms with Crippen molar-refractivity contribution in [2.24, 2.45) is 4.99 Å². The first-order valence-corrected chi connectivity index (χ1v) is 3.55. The summed E-state index contributed by atoms with van der Waals surface area (Å²) in [5, 5.41) is 3.27. The molecular formula is C7H14N2. The summed E-state index contributed by atoms with van der Waals surface area (Å²) >= 11 is 0. The molecule has 2 unspecified atom stereocenters. The molecule has 2 atom stereocenters. The Morgan fingerprint density at radius 3 is 2.56 bits per heavy atom. The molecule has 1 aliphatic rings. The number of aliphatic imine (C=N–C) groups is 1. The van der Waals surface area contributed by atoms with E-state index in [0.717, 1.165) is 12.3 Å². The van der Waals surface area contributed by atoms with Gasteiger partial charge < -0.3 is 5.32 Å². The minimum absolute atomic E-state index is 0.519. The van der Waals surface area contributed by atoms with Crippen LogP contribution in [-0.2, 0) is 0 Å². The maximum Gasteiger partial charge on any atom is 0.0938 e. The second-order valence-electron chi connectivity index (χ2n) is 2.62. The first-order chi connectivity index (χ1) is 4.24. The smallest absolute Gasteiger partial charge is 0.0938 e. The van der Waals surface area contributed by atoms with Gasteiger partial charge in [0.05, 0.1) is 11.9 Å². The van der Waals surface area contributed by atoms with Crippen molar-refractivity contribution in [3.05, 3.63) is 0 Å². The third kappa shape index (κ3) is 1.23. The maximum atomic E-state index is 4.39. The molecule has 0 saturated heterocycles. The largest absolute Gasteiger partial charge is 0.369 e. The van der Waals surface area contributed by atoms with E-state index in [2.05, 4.69) is 24.2 Å². The van der Waals surface area contributed by atoms with E-state index in [-0.39, 0.29) is 0 Å². The average molecular weight is 126 g/mol. The van der Waals surface area contributed by atoms with Crippen LogP contribution in [0.15, 0.2) is 4.99 Å². The molecule has 1 aliphatic heterocycles. The quantitative estimate of drug-likeness (QED) is 0.560. The molecule has 0 fully saturated rings. The predicted octanol–water partition coefficient (Wildman–Crippen LogP) is 1.18. The number of hydrogen-bond acceptors (Lipinski definition) is 2. The highest BCUT2D eigenvalue weighted by molar-refractivity contribution is 5.81. The molecule has 1 N–H and O–H groups in total. The van der Waals surface area contributed by atoms with Crippen molar-refractivity contribution in [2.75, 3.05) is 0 Å². The van der Waals surface area contributed by atoms with Crippen LogP contribution in [0.2, 0.25) is 0 Å². The lowest BCUT2D eigenvalue weighted by Gasteiger charge is -2.09. The van der Waals surface area contributed by atoms with Gasteiger partial charge in [-0.2, -0.15) is 0 Å². The van der Waals surface area contributed by atoms with Gasteiger partial charge in [0.2, 0.25) is 0 Å². The fourth-order valence-electron chi connectivity index (χ4n) is 1.27. The van der Waals surface area contributed by atoms with Gasteiger partial charge in [0.25, 0.3) is 0 Å². The molecule has 0 aromatic rings. The van der Waals surface area contributed by atoms with Gasteiger partial charge in [0.1, 0.15) is 0 Å². The van der Waals surface area contributed by atoms with E-state index < -0.39 is 0 Å². The Kier molecular flexibility index (Phi) is 1.74. The zero-order valence-corrected chi connectivity index (χ0v) is 6.31. The summed E-state index contributed by atoms with van der Waals surface area (Å²) in [7, 11) is 0. The van der Waals surface area contributed by atoms with Crippen LogP contribution >= 0.6 is 0 Å². The third-order valence-corrected chi connectivity index (χ3v) is 1.79. The highest BCUT2D eigenvalue weighted by Gasteiger charge is 2.19. The molecule has 0 radical (unpaired) electrons. The summed E-state index contributed by atoms with van der Waals surface area (Å²) < 4.78 is 0. The SMILES string of the molecule is CCC1N=C(C)NC1C. The third-order valence-electron chi connectivity index (χ3n) is 1.79. The van der Waals surface area contributed by atoms with Crippen LogP contribution < -0.4 is 5.32 Å². The van der Waals surface area contributed by atoms with Gasteiger partial charge in [-0.05, 0) is 20.3 Å². The zero-order chi connectivity index (χ0) is 6.85. The average Bonchev–Trinajstić information content (AvgIpc) is 2.10. The second-order valence-corrected chi connectivity index (χ2v) is 2.62. The molecular weight excluding hydrogens is 112 g/mol. The van der Waals surface area contributed by atoms with Gasteiger partial charge in [0, 0.05) is 6.04 Å². The molecule has 0 bridgehead atoms. The van der Waals surface area contributed by atoms with Gasteiger partial charge >= 0.3 is 0 Å². The van der Waals surface area contributed by atoms with Crippen LogP contribution in [-0.4, -0.2) is 17.9 Å². The first kappa shape index (κ1) is 6.59. The summed E-state index contributed by atoms with van der Waals surface area (Å²) in [5.74, 6) is 1.09. The van der Waals surface area contributed by atoms with Gasteiger partial charge in [-0.15, -0.1) is 0 Å². The molecule has 52 valence electrons. The number of nitrogens with one attached hydrogen (secondary N) is 1. The van der Waals surface area contributed by atoms with E-state index in [0.29, 0.717) is 12.1 Å². The number of amidine groups is 1. The van der Waals surface area contributed by atoms with Crippen LogP contribution in [0.25, 0.3) is 0 Å². The van der Waals surface area contributed by atoms with Crippen molar-refractivity contribution in [2.45, 2.75) is 39.3 Å². The first-order valence-electron chi connectivity index (χ1n) is 3.55. The number of rotatable bonds is 1. The molecule has 0 saturated carbocycles. The van der Waals surface area contributed by atoms with E-state index in [1.165, 1.54) is 0 Å². The Hall–Kier alpha value is -0.530. The van der Waals surface area contributed by atoms with Crippen LogP contribution in [0, 0.1) is 0 Å². The Balaban J connectivity index is 2.53. The molecule has 1 heterocycles. The summed E-state index contributed by atoms with van der Waals surface area (Å²) in [6, 6.07) is 1.07. The van der Waals surface area contributed by atoms with Gasteiger partial charge in [0.15, 0.2) is 0 Å².